The van der Waals surface area contributed by atoms with Crippen molar-refractivity contribution in [2.45, 2.75) is 49.5 Å². The lowest BCUT2D eigenvalue weighted by atomic mass is 10.0. The van der Waals surface area contributed by atoms with E-state index in [-0.39, 0.29) is 22.8 Å². The Morgan fingerprint density at radius 3 is 2.15 bits per heavy atom. The van der Waals surface area contributed by atoms with E-state index in [0.717, 1.165) is 25.7 Å². The predicted molar refractivity (Wildman–Crippen MR) is 124 cm³/mol. The van der Waals surface area contributed by atoms with Crippen LogP contribution in [0.2, 0.25) is 0 Å². The van der Waals surface area contributed by atoms with Crippen molar-refractivity contribution in [1.82, 2.24) is 19.5 Å². The van der Waals surface area contributed by atoms with Gasteiger partial charge in [-0.1, -0.05) is 12.8 Å². The zero-order valence-corrected chi connectivity index (χ0v) is 19.5. The van der Waals surface area contributed by atoms with Gasteiger partial charge in [0.05, 0.1) is 10.5 Å². The molecule has 0 radical (unpaired) electrons. The molecule has 1 N–H and O–H groups in total. The van der Waals surface area contributed by atoms with E-state index < -0.39 is 10.0 Å². The van der Waals surface area contributed by atoms with Crippen molar-refractivity contribution in [3.63, 3.8) is 0 Å². The third kappa shape index (κ3) is 5.59. The predicted octanol–water partition coefficient (Wildman–Crippen LogP) is 2.68. The van der Waals surface area contributed by atoms with Crippen molar-refractivity contribution in [3.8, 4) is 0 Å². The van der Waals surface area contributed by atoms with E-state index in [4.69, 9.17) is 0 Å². The molecule has 2 fully saturated rings. The van der Waals surface area contributed by atoms with Crippen LogP contribution >= 0.6 is 0 Å². The topological polar surface area (TPSA) is 99.7 Å². The fourth-order valence-corrected chi connectivity index (χ4v) is 5.89. The van der Waals surface area contributed by atoms with E-state index in [0.29, 0.717) is 50.1 Å². The highest BCUT2D eigenvalue weighted by Gasteiger charge is 2.27. The number of hydrogen-bond donors (Lipinski definition) is 1. The van der Waals surface area contributed by atoms with Gasteiger partial charge in [0.25, 0.3) is 11.8 Å². The summed E-state index contributed by atoms with van der Waals surface area (Å²) in [5.41, 5.74) is 0.994. The zero-order valence-electron chi connectivity index (χ0n) is 18.7. The molecule has 2 aliphatic rings. The lowest BCUT2D eigenvalue weighted by Crippen LogP contribution is -2.46. The van der Waals surface area contributed by atoms with Crippen molar-refractivity contribution >= 4 is 21.8 Å². The molecule has 0 aliphatic carbocycles. The number of rotatable bonds is 5. The molecule has 8 nitrogen and oxygen atoms in total. The van der Waals surface area contributed by atoms with Gasteiger partial charge in [-0.25, -0.2) is 8.42 Å². The summed E-state index contributed by atoms with van der Waals surface area (Å²) >= 11 is 0. The smallest absolute Gasteiger partial charge is 0.253 e. The Morgan fingerprint density at radius 2 is 1.55 bits per heavy atom. The number of amides is 2. The highest BCUT2D eigenvalue weighted by Crippen LogP contribution is 2.22. The molecule has 33 heavy (non-hydrogen) atoms. The van der Waals surface area contributed by atoms with Gasteiger partial charge < -0.3 is 10.2 Å². The van der Waals surface area contributed by atoms with Gasteiger partial charge in [0.1, 0.15) is 0 Å². The fraction of sp³-hybridized carbons (Fsp3) is 0.458. The van der Waals surface area contributed by atoms with Crippen molar-refractivity contribution in [3.05, 3.63) is 59.9 Å². The molecule has 0 bridgehead atoms. The second-order valence-electron chi connectivity index (χ2n) is 8.62. The first-order valence-electron chi connectivity index (χ1n) is 11.6. The maximum Gasteiger partial charge on any atom is 0.253 e. The van der Waals surface area contributed by atoms with Crippen LogP contribution in [-0.4, -0.2) is 66.6 Å². The van der Waals surface area contributed by atoms with Crippen LogP contribution in [0.15, 0.2) is 53.7 Å². The molecular weight excluding hydrogens is 440 g/mol. The normalized spacial score (nSPS) is 18.5. The van der Waals surface area contributed by atoms with Gasteiger partial charge in [0.15, 0.2) is 0 Å². The number of sulfonamides is 1. The standard InChI is InChI=1S/C24H30N4O4S/c29-23(20-6-5-13-25-18-20)26-21-11-16-27(17-12-21)24(30)19-7-9-22(10-8-19)33(31,32)28-14-3-1-2-4-15-28/h5-10,13,18,21H,1-4,11-12,14-17H2,(H,26,29). The Balaban J connectivity index is 1.33. The van der Waals surface area contributed by atoms with E-state index in [1.807, 2.05) is 0 Å². The third-order valence-corrected chi connectivity index (χ3v) is 8.26. The maximum absolute atomic E-state index is 12.9. The second kappa shape index (κ2) is 10.4. The summed E-state index contributed by atoms with van der Waals surface area (Å²) < 4.78 is 27.4. The van der Waals surface area contributed by atoms with Crippen LogP contribution in [0.4, 0.5) is 0 Å². The van der Waals surface area contributed by atoms with Crippen molar-refractivity contribution in [2.75, 3.05) is 26.2 Å². The van der Waals surface area contributed by atoms with E-state index in [2.05, 4.69) is 10.3 Å². The number of hydrogen-bond acceptors (Lipinski definition) is 5. The summed E-state index contributed by atoms with van der Waals surface area (Å²) in [6, 6.07) is 9.72. The Morgan fingerprint density at radius 1 is 0.879 bits per heavy atom. The van der Waals surface area contributed by atoms with Crippen LogP contribution in [0, 0.1) is 0 Å². The molecule has 0 atom stereocenters. The van der Waals surface area contributed by atoms with Gasteiger partial charge in [-0.15, -0.1) is 0 Å². The summed E-state index contributed by atoms with van der Waals surface area (Å²) in [5, 5.41) is 3.01. The minimum Gasteiger partial charge on any atom is -0.349 e. The molecule has 1 aromatic carbocycles. The maximum atomic E-state index is 12.9. The SMILES string of the molecule is O=C(NC1CCN(C(=O)c2ccc(S(=O)(=O)N3CCCCCC3)cc2)CC1)c1cccnc1. The number of carbonyl (C=O) groups is 2. The number of likely N-dealkylation sites (tertiary alicyclic amines) is 1. The molecule has 2 aliphatic heterocycles. The van der Waals surface area contributed by atoms with Crippen molar-refractivity contribution in [2.24, 2.45) is 0 Å². The summed E-state index contributed by atoms with van der Waals surface area (Å²) in [6.07, 6.45) is 8.37. The van der Waals surface area contributed by atoms with Gasteiger partial charge in [0.2, 0.25) is 10.0 Å². The molecule has 4 rings (SSSR count). The summed E-state index contributed by atoms with van der Waals surface area (Å²) in [6.45, 7) is 2.17. The molecule has 2 saturated heterocycles. The van der Waals surface area contributed by atoms with Crippen LogP contribution in [0.5, 0.6) is 0 Å². The lowest BCUT2D eigenvalue weighted by molar-refractivity contribution is 0.0698. The van der Waals surface area contributed by atoms with Gasteiger partial charge in [-0.2, -0.15) is 4.31 Å². The van der Waals surface area contributed by atoms with Gasteiger partial charge in [-0.3, -0.25) is 14.6 Å². The largest absolute Gasteiger partial charge is 0.349 e. The molecule has 1 aromatic heterocycles. The minimum absolute atomic E-state index is 0.00268. The number of carbonyl (C=O) groups excluding carboxylic acids is 2. The highest BCUT2D eigenvalue weighted by atomic mass is 32.2. The molecule has 3 heterocycles. The monoisotopic (exact) mass is 470 g/mol. The first kappa shape index (κ1) is 23.4. The number of nitrogens with one attached hydrogen (secondary N) is 1. The van der Waals surface area contributed by atoms with E-state index in [1.165, 1.54) is 18.3 Å². The number of piperidine rings is 1. The Labute approximate surface area is 195 Å². The molecule has 0 unspecified atom stereocenters. The number of pyridine rings is 1. The number of benzene rings is 1. The van der Waals surface area contributed by atoms with Gasteiger partial charge in [-0.05, 0) is 62.1 Å². The number of aromatic nitrogens is 1. The zero-order chi connectivity index (χ0) is 23.3. The molecule has 0 spiro atoms. The fourth-order valence-electron chi connectivity index (χ4n) is 4.38. The van der Waals surface area contributed by atoms with Crippen LogP contribution in [0.25, 0.3) is 0 Å². The lowest BCUT2D eigenvalue weighted by Gasteiger charge is -2.32. The Hall–Kier alpha value is -2.78. The second-order valence-corrected chi connectivity index (χ2v) is 10.6. The molecule has 176 valence electrons. The molecule has 2 aromatic rings. The quantitative estimate of drug-likeness (QED) is 0.724. The van der Waals surface area contributed by atoms with Crippen molar-refractivity contribution < 1.29 is 18.0 Å². The highest BCUT2D eigenvalue weighted by molar-refractivity contribution is 7.89. The molecule has 9 heteroatoms. The van der Waals surface area contributed by atoms with E-state index in [1.54, 1.807) is 39.7 Å². The first-order chi connectivity index (χ1) is 15.9. The average Bonchev–Trinajstić information content (AvgIpc) is 3.15. The molecular formula is C24H30N4O4S. The number of nitrogens with zero attached hydrogens (tertiary/aromatic N) is 3. The van der Waals surface area contributed by atoms with Crippen LogP contribution in [0.1, 0.15) is 59.2 Å². The Kier molecular flexibility index (Phi) is 7.39. The van der Waals surface area contributed by atoms with Gasteiger partial charge in [0, 0.05) is 50.2 Å². The third-order valence-electron chi connectivity index (χ3n) is 6.35. The van der Waals surface area contributed by atoms with Gasteiger partial charge >= 0.3 is 0 Å². The average molecular weight is 471 g/mol. The summed E-state index contributed by atoms with van der Waals surface area (Å²) in [7, 11) is -3.53. The summed E-state index contributed by atoms with van der Waals surface area (Å²) in [5.74, 6) is -0.278. The Bertz CT molecular complexity index is 1060. The minimum atomic E-state index is -3.53. The van der Waals surface area contributed by atoms with E-state index >= 15 is 0 Å². The summed E-state index contributed by atoms with van der Waals surface area (Å²) in [4.78, 5) is 31.2. The van der Waals surface area contributed by atoms with Crippen LogP contribution < -0.4 is 5.32 Å². The van der Waals surface area contributed by atoms with E-state index in [9.17, 15) is 18.0 Å². The molecule has 0 saturated carbocycles. The van der Waals surface area contributed by atoms with Crippen LogP contribution in [0.3, 0.4) is 0 Å². The van der Waals surface area contributed by atoms with Crippen molar-refractivity contribution in [1.29, 1.82) is 0 Å². The molecule has 2 amide bonds. The first-order valence-corrected chi connectivity index (χ1v) is 13.0. The van der Waals surface area contributed by atoms with Crippen LogP contribution in [-0.2, 0) is 10.0 Å².